The van der Waals surface area contributed by atoms with E-state index in [-0.39, 0.29) is 15.2 Å². The van der Waals surface area contributed by atoms with Gasteiger partial charge in [-0.15, -0.1) is 0 Å². The summed E-state index contributed by atoms with van der Waals surface area (Å²) in [6, 6.07) is -0.377. The maximum Gasteiger partial charge on any atom is 0.326 e. The standard InChI is InChI=1S/C11H10BrClFN3O4/c12-5-1-4(14)2-6(13)9(5)17-11(21)16-7(10(19)20)3-8(15)18/h1-2,7H,3H2,(H2,15,18)(H,19,20)(H2,16,17,21). The highest BCUT2D eigenvalue weighted by atomic mass is 79.9. The van der Waals surface area contributed by atoms with Crippen LogP contribution in [0.5, 0.6) is 0 Å². The molecule has 1 atom stereocenters. The van der Waals surface area contributed by atoms with Crippen molar-refractivity contribution >= 4 is 51.1 Å². The van der Waals surface area contributed by atoms with Crippen molar-refractivity contribution < 1.29 is 23.9 Å². The first kappa shape index (κ1) is 17.2. The molecule has 1 rings (SSSR count). The molecule has 0 bridgehead atoms. The second-order valence-electron chi connectivity index (χ2n) is 3.90. The summed E-state index contributed by atoms with van der Waals surface area (Å²) in [5.74, 6) is -2.92. The molecule has 21 heavy (non-hydrogen) atoms. The van der Waals surface area contributed by atoms with Crippen LogP contribution in [0.15, 0.2) is 16.6 Å². The lowest BCUT2D eigenvalue weighted by Gasteiger charge is -2.15. The van der Waals surface area contributed by atoms with E-state index in [9.17, 15) is 18.8 Å². The molecule has 0 aliphatic rings. The Kier molecular flexibility index (Phi) is 5.91. The molecule has 1 unspecified atom stereocenters. The summed E-state index contributed by atoms with van der Waals surface area (Å²) >= 11 is 8.76. The summed E-state index contributed by atoms with van der Waals surface area (Å²) in [5.41, 5.74) is 4.93. The number of carbonyl (C=O) groups excluding carboxylic acids is 2. The van der Waals surface area contributed by atoms with Gasteiger partial charge in [-0.1, -0.05) is 11.6 Å². The summed E-state index contributed by atoms with van der Waals surface area (Å²) < 4.78 is 13.2. The van der Waals surface area contributed by atoms with E-state index >= 15 is 0 Å². The van der Waals surface area contributed by atoms with Gasteiger partial charge in [-0.25, -0.2) is 14.0 Å². The first-order chi connectivity index (χ1) is 9.70. The number of urea groups is 1. The Bertz CT molecular complexity index is 576. The molecule has 5 N–H and O–H groups in total. The molecule has 0 heterocycles. The van der Waals surface area contributed by atoms with E-state index in [2.05, 4.69) is 21.2 Å². The molecular formula is C11H10BrClFN3O4. The molecule has 114 valence electrons. The van der Waals surface area contributed by atoms with Crippen LogP contribution in [-0.4, -0.2) is 29.1 Å². The van der Waals surface area contributed by atoms with Crippen LogP contribution in [0, 0.1) is 5.82 Å². The van der Waals surface area contributed by atoms with Gasteiger partial charge in [0.1, 0.15) is 11.9 Å². The van der Waals surface area contributed by atoms with Crippen molar-refractivity contribution in [3.8, 4) is 0 Å². The zero-order chi connectivity index (χ0) is 16.2. The Morgan fingerprint density at radius 2 is 2.05 bits per heavy atom. The Morgan fingerprint density at radius 1 is 1.43 bits per heavy atom. The summed E-state index contributed by atoms with van der Waals surface area (Å²) in [4.78, 5) is 33.3. The lowest BCUT2D eigenvalue weighted by atomic mass is 10.2. The number of rotatable bonds is 5. The second-order valence-corrected chi connectivity index (χ2v) is 5.17. The zero-order valence-electron chi connectivity index (χ0n) is 10.3. The van der Waals surface area contributed by atoms with E-state index in [1.165, 1.54) is 0 Å². The number of carboxylic acids is 1. The van der Waals surface area contributed by atoms with Crippen molar-refractivity contribution in [3.05, 3.63) is 27.4 Å². The minimum atomic E-state index is -1.49. The van der Waals surface area contributed by atoms with Crippen LogP contribution in [0.1, 0.15) is 6.42 Å². The monoisotopic (exact) mass is 381 g/mol. The Hall–Kier alpha value is -1.87. The normalized spacial score (nSPS) is 11.6. The maximum atomic E-state index is 13.0. The van der Waals surface area contributed by atoms with Crippen molar-refractivity contribution in [2.75, 3.05) is 5.32 Å². The fourth-order valence-electron chi connectivity index (χ4n) is 1.37. The molecule has 0 aromatic heterocycles. The average molecular weight is 383 g/mol. The highest BCUT2D eigenvalue weighted by molar-refractivity contribution is 9.10. The molecule has 0 spiro atoms. The third kappa shape index (κ3) is 5.20. The Labute approximate surface area is 131 Å². The molecule has 0 fully saturated rings. The van der Waals surface area contributed by atoms with Gasteiger partial charge in [0, 0.05) is 4.47 Å². The van der Waals surface area contributed by atoms with Crippen LogP contribution >= 0.6 is 27.5 Å². The average Bonchev–Trinajstić information content (AvgIpc) is 2.32. The van der Waals surface area contributed by atoms with E-state index < -0.39 is 36.2 Å². The molecule has 0 saturated heterocycles. The number of carboxylic acid groups (broad SMARTS) is 1. The summed E-state index contributed by atoms with van der Waals surface area (Å²) in [5, 5.41) is 13.1. The molecule has 0 aliphatic heterocycles. The number of amides is 3. The van der Waals surface area contributed by atoms with E-state index in [4.69, 9.17) is 22.4 Å². The van der Waals surface area contributed by atoms with Crippen molar-refractivity contribution in [2.24, 2.45) is 5.73 Å². The topological polar surface area (TPSA) is 122 Å². The minimum absolute atomic E-state index is 0.0544. The van der Waals surface area contributed by atoms with Gasteiger partial charge in [-0.2, -0.15) is 0 Å². The van der Waals surface area contributed by atoms with Gasteiger partial charge in [-0.05, 0) is 28.1 Å². The van der Waals surface area contributed by atoms with Crippen LogP contribution in [0.25, 0.3) is 0 Å². The largest absolute Gasteiger partial charge is 0.480 e. The SMILES string of the molecule is NC(=O)CC(NC(=O)Nc1c(Cl)cc(F)cc1Br)C(=O)O. The maximum absolute atomic E-state index is 13.0. The molecule has 0 radical (unpaired) electrons. The van der Waals surface area contributed by atoms with Crippen LogP contribution in [-0.2, 0) is 9.59 Å². The smallest absolute Gasteiger partial charge is 0.326 e. The lowest BCUT2D eigenvalue weighted by molar-refractivity contribution is -0.140. The fourth-order valence-corrected chi connectivity index (χ4v) is 2.27. The molecule has 7 nitrogen and oxygen atoms in total. The third-order valence-corrected chi connectivity index (χ3v) is 3.18. The zero-order valence-corrected chi connectivity index (χ0v) is 12.7. The lowest BCUT2D eigenvalue weighted by Crippen LogP contribution is -2.45. The minimum Gasteiger partial charge on any atom is -0.480 e. The van der Waals surface area contributed by atoms with Gasteiger partial charge in [-0.3, -0.25) is 4.79 Å². The van der Waals surface area contributed by atoms with Crippen molar-refractivity contribution in [1.29, 1.82) is 0 Å². The number of aliphatic carboxylic acids is 1. The van der Waals surface area contributed by atoms with Gasteiger partial charge in [0.25, 0.3) is 0 Å². The van der Waals surface area contributed by atoms with Gasteiger partial charge in [0.15, 0.2) is 0 Å². The number of hydrogen-bond donors (Lipinski definition) is 4. The van der Waals surface area contributed by atoms with Crippen molar-refractivity contribution in [3.63, 3.8) is 0 Å². The predicted octanol–water partition coefficient (Wildman–Crippen LogP) is 1.69. The summed E-state index contributed by atoms with van der Waals surface area (Å²) in [7, 11) is 0. The number of halogens is 3. The molecule has 10 heteroatoms. The molecular weight excluding hydrogens is 372 g/mol. The predicted molar refractivity (Wildman–Crippen MR) is 76.5 cm³/mol. The van der Waals surface area contributed by atoms with Crippen molar-refractivity contribution in [1.82, 2.24) is 5.32 Å². The number of carbonyl (C=O) groups is 3. The number of hydrogen-bond acceptors (Lipinski definition) is 3. The fraction of sp³-hybridized carbons (Fsp3) is 0.182. The van der Waals surface area contributed by atoms with Crippen LogP contribution in [0.3, 0.4) is 0 Å². The Morgan fingerprint density at radius 3 is 2.52 bits per heavy atom. The molecule has 1 aromatic rings. The number of nitrogens with two attached hydrogens (primary N) is 1. The van der Waals surface area contributed by atoms with Gasteiger partial charge in [0.2, 0.25) is 5.91 Å². The van der Waals surface area contributed by atoms with Crippen LogP contribution < -0.4 is 16.4 Å². The van der Waals surface area contributed by atoms with E-state index in [1.807, 2.05) is 5.32 Å². The summed E-state index contributed by atoms with van der Waals surface area (Å²) in [6.07, 6.45) is -0.568. The van der Waals surface area contributed by atoms with Crippen molar-refractivity contribution in [2.45, 2.75) is 12.5 Å². The summed E-state index contributed by atoms with van der Waals surface area (Å²) in [6.45, 7) is 0. The highest BCUT2D eigenvalue weighted by Crippen LogP contribution is 2.31. The van der Waals surface area contributed by atoms with Crippen LogP contribution in [0.2, 0.25) is 5.02 Å². The van der Waals surface area contributed by atoms with Gasteiger partial charge in [0.05, 0.1) is 17.1 Å². The number of benzene rings is 1. The second kappa shape index (κ2) is 7.23. The molecule has 3 amide bonds. The van der Waals surface area contributed by atoms with Gasteiger partial charge >= 0.3 is 12.0 Å². The molecule has 0 saturated carbocycles. The third-order valence-electron chi connectivity index (χ3n) is 2.25. The first-order valence-corrected chi connectivity index (χ1v) is 6.61. The van der Waals surface area contributed by atoms with E-state index in [0.29, 0.717) is 0 Å². The number of anilines is 1. The van der Waals surface area contributed by atoms with Gasteiger partial charge < -0.3 is 21.5 Å². The van der Waals surface area contributed by atoms with E-state index in [1.54, 1.807) is 0 Å². The van der Waals surface area contributed by atoms with Crippen LogP contribution in [0.4, 0.5) is 14.9 Å². The number of nitrogens with one attached hydrogen (secondary N) is 2. The highest BCUT2D eigenvalue weighted by Gasteiger charge is 2.22. The number of primary amides is 1. The first-order valence-electron chi connectivity index (χ1n) is 5.44. The molecule has 1 aromatic carbocycles. The Balaban J connectivity index is 2.82. The molecule has 0 aliphatic carbocycles. The quantitative estimate of drug-likeness (QED) is 0.619. The van der Waals surface area contributed by atoms with E-state index in [0.717, 1.165) is 12.1 Å².